The lowest BCUT2D eigenvalue weighted by molar-refractivity contribution is 0.277. The number of hydrogen-bond acceptors (Lipinski definition) is 3. The van der Waals surface area contributed by atoms with Crippen LogP contribution in [0.2, 0.25) is 0 Å². The predicted molar refractivity (Wildman–Crippen MR) is 52.1 cm³/mol. The molecule has 0 atom stereocenters. The molecule has 0 saturated heterocycles. The maximum atomic E-state index is 11.5. The van der Waals surface area contributed by atoms with Crippen LogP contribution in [0.3, 0.4) is 0 Å². The fourth-order valence-corrected chi connectivity index (χ4v) is 1.34. The molecule has 0 bridgehead atoms. The van der Waals surface area contributed by atoms with E-state index in [1.807, 2.05) is 13.0 Å². The molecule has 4 nitrogen and oxygen atoms in total. The predicted octanol–water partition coefficient (Wildman–Crippen LogP) is 0.495. The third-order valence-corrected chi connectivity index (χ3v) is 2.02. The van der Waals surface area contributed by atoms with Crippen molar-refractivity contribution in [1.82, 2.24) is 9.38 Å². The summed E-state index contributed by atoms with van der Waals surface area (Å²) in [4.78, 5) is 15.6. The molecule has 2 rings (SSSR count). The first-order valence-corrected chi connectivity index (χ1v) is 4.30. The molecule has 2 aromatic heterocycles. The summed E-state index contributed by atoms with van der Waals surface area (Å²) < 4.78 is 1.47. The number of rotatable bonds is 1. The third kappa shape index (κ3) is 1.40. The van der Waals surface area contributed by atoms with Crippen molar-refractivity contribution in [2.24, 2.45) is 0 Å². The van der Waals surface area contributed by atoms with E-state index in [0.717, 1.165) is 5.56 Å². The summed E-state index contributed by atoms with van der Waals surface area (Å²) in [6.07, 6.45) is 1.73. The number of aliphatic hydroxyl groups is 1. The summed E-state index contributed by atoms with van der Waals surface area (Å²) in [7, 11) is 0. The van der Waals surface area contributed by atoms with Crippen molar-refractivity contribution in [2.45, 2.75) is 13.5 Å². The summed E-state index contributed by atoms with van der Waals surface area (Å²) in [6, 6.07) is 4.98. The van der Waals surface area contributed by atoms with Gasteiger partial charge in [0, 0.05) is 12.3 Å². The van der Waals surface area contributed by atoms with Crippen molar-refractivity contribution in [1.29, 1.82) is 0 Å². The molecule has 0 aliphatic heterocycles. The number of hydrogen-bond donors (Lipinski definition) is 1. The van der Waals surface area contributed by atoms with Gasteiger partial charge >= 0.3 is 0 Å². The Labute approximate surface area is 80.5 Å². The number of pyridine rings is 1. The molecule has 0 aromatic carbocycles. The molecule has 0 aliphatic rings. The molecule has 4 heteroatoms. The van der Waals surface area contributed by atoms with Crippen molar-refractivity contribution in [3.63, 3.8) is 0 Å². The van der Waals surface area contributed by atoms with Gasteiger partial charge in [-0.05, 0) is 18.6 Å². The zero-order valence-corrected chi connectivity index (χ0v) is 7.77. The number of fused-ring (bicyclic) bond motifs is 1. The molecule has 14 heavy (non-hydrogen) atoms. The van der Waals surface area contributed by atoms with Gasteiger partial charge in [0.05, 0.1) is 12.3 Å². The van der Waals surface area contributed by atoms with Crippen molar-refractivity contribution < 1.29 is 5.11 Å². The Morgan fingerprint density at radius 2 is 2.29 bits per heavy atom. The average molecular weight is 190 g/mol. The van der Waals surface area contributed by atoms with Crippen LogP contribution in [0.25, 0.3) is 5.65 Å². The van der Waals surface area contributed by atoms with Gasteiger partial charge in [-0.25, -0.2) is 4.98 Å². The van der Waals surface area contributed by atoms with Gasteiger partial charge in [-0.1, -0.05) is 6.07 Å². The van der Waals surface area contributed by atoms with E-state index >= 15 is 0 Å². The monoisotopic (exact) mass is 190 g/mol. The Hall–Kier alpha value is -1.68. The van der Waals surface area contributed by atoms with Crippen molar-refractivity contribution in [3.8, 4) is 0 Å². The second kappa shape index (κ2) is 3.23. The lowest BCUT2D eigenvalue weighted by atomic mass is 10.3. The van der Waals surface area contributed by atoms with Crippen molar-refractivity contribution >= 4 is 5.65 Å². The van der Waals surface area contributed by atoms with E-state index in [4.69, 9.17) is 5.11 Å². The minimum Gasteiger partial charge on any atom is -0.390 e. The summed E-state index contributed by atoms with van der Waals surface area (Å²) in [5.74, 6) is 0. The van der Waals surface area contributed by atoms with E-state index in [1.54, 1.807) is 12.3 Å². The van der Waals surface area contributed by atoms with Gasteiger partial charge in [0.2, 0.25) is 0 Å². The maximum Gasteiger partial charge on any atom is 0.258 e. The lowest BCUT2D eigenvalue weighted by Crippen LogP contribution is -2.15. The van der Waals surface area contributed by atoms with Gasteiger partial charge in [-0.15, -0.1) is 0 Å². The Balaban J connectivity index is 2.83. The van der Waals surface area contributed by atoms with E-state index in [1.165, 1.54) is 10.5 Å². The van der Waals surface area contributed by atoms with Crippen LogP contribution < -0.4 is 5.56 Å². The molecule has 0 amide bonds. The molecule has 72 valence electrons. The van der Waals surface area contributed by atoms with Gasteiger partial charge in [0.1, 0.15) is 5.65 Å². The first kappa shape index (κ1) is 8.90. The molecule has 2 aromatic rings. The third-order valence-electron chi connectivity index (χ3n) is 2.02. The molecule has 1 N–H and O–H groups in total. The van der Waals surface area contributed by atoms with Crippen LogP contribution in [0.15, 0.2) is 29.2 Å². The smallest absolute Gasteiger partial charge is 0.258 e. The quantitative estimate of drug-likeness (QED) is 0.712. The van der Waals surface area contributed by atoms with E-state index in [2.05, 4.69) is 4.98 Å². The number of aliphatic hydroxyl groups excluding tert-OH is 1. The van der Waals surface area contributed by atoms with Crippen molar-refractivity contribution in [3.05, 3.63) is 46.0 Å². The fraction of sp³-hybridized carbons (Fsp3) is 0.200. The molecule has 2 heterocycles. The second-order valence-corrected chi connectivity index (χ2v) is 3.18. The van der Waals surface area contributed by atoms with E-state index in [0.29, 0.717) is 11.3 Å². The number of nitrogens with zero attached hydrogens (tertiary/aromatic N) is 2. The standard InChI is InChI=1S/C10H10N2O2/c1-7-2-3-9-11-8(6-13)4-10(14)12(9)5-7/h2-5,13H,6H2,1H3. The Kier molecular flexibility index (Phi) is 2.05. The van der Waals surface area contributed by atoms with Gasteiger partial charge in [0.15, 0.2) is 0 Å². The number of aryl methyl sites for hydroxylation is 1. The zero-order chi connectivity index (χ0) is 10.1. The van der Waals surface area contributed by atoms with Crippen LogP contribution >= 0.6 is 0 Å². The largest absolute Gasteiger partial charge is 0.390 e. The molecule has 0 unspecified atom stereocenters. The first-order valence-electron chi connectivity index (χ1n) is 4.30. The van der Waals surface area contributed by atoms with Crippen LogP contribution in [0.4, 0.5) is 0 Å². The van der Waals surface area contributed by atoms with Crippen LogP contribution in [0.5, 0.6) is 0 Å². The highest BCUT2D eigenvalue weighted by Gasteiger charge is 2.00. The zero-order valence-electron chi connectivity index (χ0n) is 7.77. The molecule has 0 radical (unpaired) electrons. The highest BCUT2D eigenvalue weighted by molar-refractivity contribution is 5.39. The van der Waals surface area contributed by atoms with E-state index in [9.17, 15) is 4.79 Å². The average Bonchev–Trinajstić information content (AvgIpc) is 2.19. The molecule has 0 saturated carbocycles. The SMILES string of the molecule is Cc1ccc2nc(CO)cc(=O)n2c1. The van der Waals surface area contributed by atoms with E-state index < -0.39 is 0 Å². The number of aromatic nitrogens is 2. The molecular formula is C10H10N2O2. The van der Waals surface area contributed by atoms with Crippen LogP contribution in [-0.4, -0.2) is 14.5 Å². The fourth-order valence-electron chi connectivity index (χ4n) is 1.34. The van der Waals surface area contributed by atoms with Crippen LogP contribution in [-0.2, 0) is 6.61 Å². The summed E-state index contributed by atoms with van der Waals surface area (Å²) in [6.45, 7) is 1.70. The van der Waals surface area contributed by atoms with E-state index in [-0.39, 0.29) is 12.2 Å². The highest BCUT2D eigenvalue weighted by Crippen LogP contribution is 2.01. The Morgan fingerprint density at radius 1 is 1.50 bits per heavy atom. The summed E-state index contributed by atoms with van der Waals surface area (Å²) in [5, 5.41) is 8.87. The first-order chi connectivity index (χ1) is 6.70. The van der Waals surface area contributed by atoms with Crippen LogP contribution in [0, 0.1) is 6.92 Å². The minimum atomic E-state index is -0.209. The minimum absolute atomic E-state index is 0.164. The van der Waals surface area contributed by atoms with Crippen LogP contribution in [0.1, 0.15) is 11.3 Å². The highest BCUT2D eigenvalue weighted by atomic mass is 16.3. The van der Waals surface area contributed by atoms with Crippen molar-refractivity contribution in [2.75, 3.05) is 0 Å². The van der Waals surface area contributed by atoms with Gasteiger partial charge in [-0.2, -0.15) is 0 Å². The van der Waals surface area contributed by atoms with Gasteiger partial charge in [-0.3, -0.25) is 9.20 Å². The van der Waals surface area contributed by atoms with Gasteiger partial charge < -0.3 is 5.11 Å². The molecular weight excluding hydrogens is 180 g/mol. The summed E-state index contributed by atoms with van der Waals surface area (Å²) in [5.41, 5.74) is 1.80. The van der Waals surface area contributed by atoms with Gasteiger partial charge in [0.25, 0.3) is 5.56 Å². The Bertz CT molecular complexity index is 531. The lowest BCUT2D eigenvalue weighted by Gasteiger charge is -2.02. The molecule has 0 spiro atoms. The topological polar surface area (TPSA) is 54.6 Å². The molecule has 0 fully saturated rings. The summed E-state index contributed by atoms with van der Waals surface area (Å²) >= 11 is 0. The maximum absolute atomic E-state index is 11.5. The Morgan fingerprint density at radius 3 is 3.00 bits per heavy atom. The normalized spacial score (nSPS) is 10.7. The second-order valence-electron chi connectivity index (χ2n) is 3.18. The molecule has 0 aliphatic carbocycles.